The molecule has 2 amide bonds. The van der Waals surface area contributed by atoms with Gasteiger partial charge in [-0.2, -0.15) is 0 Å². The minimum absolute atomic E-state index is 0.0266. The van der Waals surface area contributed by atoms with E-state index in [0.717, 1.165) is 39.1 Å². The summed E-state index contributed by atoms with van der Waals surface area (Å²) in [6.45, 7) is 5.36. The minimum Gasteiger partial charge on any atom is -0.376 e. The molecular formula is C20H31N5O3. The van der Waals surface area contributed by atoms with Crippen LogP contribution in [0.2, 0.25) is 0 Å². The van der Waals surface area contributed by atoms with Crippen molar-refractivity contribution >= 4 is 11.8 Å². The van der Waals surface area contributed by atoms with Crippen molar-refractivity contribution in [3.8, 4) is 0 Å². The number of piperidine rings is 1. The van der Waals surface area contributed by atoms with Crippen LogP contribution in [-0.4, -0.2) is 83.6 Å². The standard InChI is InChI=1S/C20H31N5O3/c26-19(23-9-13-24-10-2-1-3-11-24)6-12-25(16-17-5-4-14-28-17)20(27)18-15-21-7-8-22-18/h7-8,15,17H,1-6,9-14,16H2,(H,23,26). The van der Waals surface area contributed by atoms with E-state index in [0.29, 0.717) is 25.3 Å². The molecule has 0 aliphatic carbocycles. The maximum Gasteiger partial charge on any atom is 0.274 e. The number of carbonyl (C=O) groups is 2. The average Bonchev–Trinajstić information content (AvgIpc) is 3.25. The fourth-order valence-corrected chi connectivity index (χ4v) is 3.74. The Morgan fingerprint density at radius 2 is 2.07 bits per heavy atom. The fraction of sp³-hybridized carbons (Fsp3) is 0.700. The SMILES string of the molecule is O=C(CCN(CC1CCCO1)C(=O)c1cnccn1)NCCN1CCCCC1. The summed E-state index contributed by atoms with van der Waals surface area (Å²) in [5.74, 6) is -0.231. The van der Waals surface area contributed by atoms with Gasteiger partial charge in [0.1, 0.15) is 5.69 Å². The Hall–Kier alpha value is -2.06. The second-order valence-electron chi connectivity index (χ2n) is 7.48. The summed E-state index contributed by atoms with van der Waals surface area (Å²) in [6.07, 6.45) is 10.6. The largest absolute Gasteiger partial charge is 0.376 e. The molecule has 0 radical (unpaired) electrons. The predicted octanol–water partition coefficient (Wildman–Crippen LogP) is 1.09. The molecule has 2 saturated heterocycles. The molecule has 28 heavy (non-hydrogen) atoms. The lowest BCUT2D eigenvalue weighted by Gasteiger charge is -2.26. The van der Waals surface area contributed by atoms with Gasteiger partial charge in [0.05, 0.1) is 12.3 Å². The number of hydrogen-bond acceptors (Lipinski definition) is 6. The Kier molecular flexibility index (Phi) is 8.17. The number of nitrogens with one attached hydrogen (secondary N) is 1. The molecule has 3 heterocycles. The summed E-state index contributed by atoms with van der Waals surface area (Å²) >= 11 is 0. The maximum atomic E-state index is 12.8. The first-order chi connectivity index (χ1) is 13.7. The van der Waals surface area contributed by atoms with Crippen LogP contribution in [-0.2, 0) is 9.53 Å². The first-order valence-electron chi connectivity index (χ1n) is 10.4. The Morgan fingerprint density at radius 3 is 2.79 bits per heavy atom. The number of aromatic nitrogens is 2. The van der Waals surface area contributed by atoms with Gasteiger partial charge < -0.3 is 19.9 Å². The average molecular weight is 390 g/mol. The number of hydrogen-bond donors (Lipinski definition) is 1. The fourth-order valence-electron chi connectivity index (χ4n) is 3.74. The van der Waals surface area contributed by atoms with E-state index < -0.39 is 0 Å². The molecule has 0 aromatic carbocycles. The van der Waals surface area contributed by atoms with Crippen molar-refractivity contribution in [3.05, 3.63) is 24.3 Å². The van der Waals surface area contributed by atoms with E-state index >= 15 is 0 Å². The normalized spacial score (nSPS) is 20.1. The van der Waals surface area contributed by atoms with Crippen molar-refractivity contribution in [2.24, 2.45) is 0 Å². The summed E-state index contributed by atoms with van der Waals surface area (Å²) in [5, 5.41) is 2.98. The second kappa shape index (κ2) is 11.1. The van der Waals surface area contributed by atoms with Crippen LogP contribution < -0.4 is 5.32 Å². The molecular weight excluding hydrogens is 358 g/mol. The van der Waals surface area contributed by atoms with Crippen molar-refractivity contribution in [2.45, 2.75) is 44.6 Å². The summed E-state index contributed by atoms with van der Waals surface area (Å²) in [7, 11) is 0. The number of nitrogens with zero attached hydrogens (tertiary/aromatic N) is 4. The molecule has 2 aliphatic heterocycles. The summed E-state index contributed by atoms with van der Waals surface area (Å²) in [5.41, 5.74) is 0.297. The van der Waals surface area contributed by atoms with Gasteiger partial charge in [0.25, 0.3) is 5.91 Å². The van der Waals surface area contributed by atoms with Gasteiger partial charge in [-0.1, -0.05) is 6.42 Å². The van der Waals surface area contributed by atoms with Crippen LogP contribution in [0.15, 0.2) is 18.6 Å². The van der Waals surface area contributed by atoms with Crippen LogP contribution in [0.1, 0.15) is 49.0 Å². The Bertz CT molecular complexity index is 616. The third-order valence-electron chi connectivity index (χ3n) is 5.33. The molecule has 1 aromatic heterocycles. The van der Waals surface area contributed by atoms with Gasteiger partial charge in [-0.05, 0) is 38.8 Å². The van der Waals surface area contributed by atoms with Crippen molar-refractivity contribution in [1.29, 1.82) is 0 Å². The van der Waals surface area contributed by atoms with Gasteiger partial charge in [-0.25, -0.2) is 4.98 Å². The molecule has 1 N–H and O–H groups in total. The number of likely N-dealkylation sites (tertiary alicyclic amines) is 1. The van der Waals surface area contributed by atoms with Crippen molar-refractivity contribution in [1.82, 2.24) is 25.1 Å². The molecule has 0 saturated carbocycles. The number of carbonyl (C=O) groups excluding carboxylic acids is 2. The molecule has 154 valence electrons. The molecule has 8 nitrogen and oxygen atoms in total. The van der Waals surface area contributed by atoms with Gasteiger partial charge >= 0.3 is 0 Å². The van der Waals surface area contributed by atoms with Crippen molar-refractivity contribution < 1.29 is 14.3 Å². The number of rotatable bonds is 9. The van der Waals surface area contributed by atoms with Crippen LogP contribution in [0.5, 0.6) is 0 Å². The van der Waals surface area contributed by atoms with Crippen molar-refractivity contribution in [2.75, 3.05) is 45.9 Å². The third-order valence-corrected chi connectivity index (χ3v) is 5.33. The Balaban J connectivity index is 1.46. The van der Waals surface area contributed by atoms with Gasteiger partial charge in [0, 0.05) is 51.6 Å². The maximum absolute atomic E-state index is 12.8. The van der Waals surface area contributed by atoms with Crippen LogP contribution >= 0.6 is 0 Å². The zero-order valence-electron chi connectivity index (χ0n) is 16.5. The summed E-state index contributed by atoms with van der Waals surface area (Å²) in [6, 6.07) is 0. The van der Waals surface area contributed by atoms with Crippen LogP contribution in [0.25, 0.3) is 0 Å². The molecule has 3 rings (SSSR count). The molecule has 2 aliphatic rings. The van der Waals surface area contributed by atoms with E-state index in [-0.39, 0.29) is 24.3 Å². The van der Waals surface area contributed by atoms with Crippen molar-refractivity contribution in [3.63, 3.8) is 0 Å². The van der Waals surface area contributed by atoms with Crippen LogP contribution in [0.4, 0.5) is 0 Å². The molecule has 2 fully saturated rings. The first-order valence-corrected chi connectivity index (χ1v) is 10.4. The van der Waals surface area contributed by atoms with E-state index in [4.69, 9.17) is 4.74 Å². The molecule has 1 atom stereocenters. The van der Waals surface area contributed by atoms with E-state index in [2.05, 4.69) is 20.2 Å². The molecule has 8 heteroatoms. The third kappa shape index (κ3) is 6.53. The highest BCUT2D eigenvalue weighted by Gasteiger charge is 2.24. The summed E-state index contributed by atoms with van der Waals surface area (Å²) < 4.78 is 5.67. The second-order valence-corrected chi connectivity index (χ2v) is 7.48. The van der Waals surface area contributed by atoms with Gasteiger partial charge in [-0.3, -0.25) is 14.6 Å². The topological polar surface area (TPSA) is 87.7 Å². The van der Waals surface area contributed by atoms with Gasteiger partial charge in [-0.15, -0.1) is 0 Å². The van der Waals surface area contributed by atoms with E-state index in [1.54, 1.807) is 4.90 Å². The first kappa shape index (κ1) is 20.7. The van der Waals surface area contributed by atoms with Crippen LogP contribution in [0, 0.1) is 0 Å². The Morgan fingerprint density at radius 1 is 1.21 bits per heavy atom. The highest BCUT2D eigenvalue weighted by atomic mass is 16.5. The smallest absolute Gasteiger partial charge is 0.274 e. The lowest BCUT2D eigenvalue weighted by Crippen LogP contribution is -2.41. The minimum atomic E-state index is -0.204. The highest BCUT2D eigenvalue weighted by molar-refractivity contribution is 5.92. The summed E-state index contributed by atoms with van der Waals surface area (Å²) in [4.78, 5) is 37.2. The number of amides is 2. The zero-order chi connectivity index (χ0) is 19.6. The Labute approximate surface area is 166 Å². The molecule has 1 unspecified atom stereocenters. The lowest BCUT2D eigenvalue weighted by atomic mass is 10.1. The molecule has 0 bridgehead atoms. The van der Waals surface area contributed by atoms with Gasteiger partial charge in [0.2, 0.25) is 5.91 Å². The number of ether oxygens (including phenoxy) is 1. The van der Waals surface area contributed by atoms with Crippen LogP contribution in [0.3, 0.4) is 0 Å². The molecule has 0 spiro atoms. The van der Waals surface area contributed by atoms with E-state index in [1.807, 2.05) is 0 Å². The zero-order valence-corrected chi connectivity index (χ0v) is 16.5. The lowest BCUT2D eigenvalue weighted by molar-refractivity contribution is -0.121. The predicted molar refractivity (Wildman–Crippen MR) is 105 cm³/mol. The monoisotopic (exact) mass is 389 g/mol. The quantitative estimate of drug-likeness (QED) is 0.680. The van der Waals surface area contributed by atoms with E-state index in [9.17, 15) is 9.59 Å². The van der Waals surface area contributed by atoms with E-state index in [1.165, 1.54) is 37.9 Å². The van der Waals surface area contributed by atoms with Gasteiger partial charge in [0.15, 0.2) is 0 Å². The highest BCUT2D eigenvalue weighted by Crippen LogP contribution is 2.15. The molecule has 1 aromatic rings.